The van der Waals surface area contributed by atoms with E-state index in [-0.39, 0.29) is 0 Å². The van der Waals surface area contributed by atoms with Crippen molar-refractivity contribution in [3.05, 3.63) is 22.8 Å². The first-order valence-electron chi connectivity index (χ1n) is 3.69. The van der Waals surface area contributed by atoms with Gasteiger partial charge in [0.15, 0.2) is 0 Å². The number of rotatable bonds is 1. The minimum absolute atomic E-state index is 0.294. The van der Waals surface area contributed by atoms with Crippen molar-refractivity contribution < 1.29 is 9.66 Å². The summed E-state index contributed by atoms with van der Waals surface area (Å²) in [7, 11) is 0. The first-order chi connectivity index (χ1) is 5.57. The zero-order valence-corrected chi connectivity index (χ0v) is 8.20. The van der Waals surface area contributed by atoms with Crippen LogP contribution in [0.3, 0.4) is 0 Å². The molecule has 1 rings (SSSR count). The molecule has 12 heavy (non-hydrogen) atoms. The highest BCUT2D eigenvalue weighted by atomic mass is 32.2. The Hall–Kier alpha value is -0.670. The van der Waals surface area contributed by atoms with Crippen molar-refractivity contribution in [1.29, 1.82) is 0 Å². The first kappa shape index (κ1) is 9.42. The zero-order chi connectivity index (χ0) is 9.30. The third-order valence-corrected chi connectivity index (χ3v) is 2.90. The number of phenols is 1. The largest absolute Gasteiger partial charge is 0.508 e. The lowest BCUT2D eigenvalue weighted by Crippen LogP contribution is -1.89. The molecule has 0 spiro atoms. The van der Waals surface area contributed by atoms with Gasteiger partial charge in [-0.25, -0.2) is 0 Å². The Labute approximate surface area is 76.4 Å². The Balaban J connectivity index is 3.40. The fourth-order valence-electron chi connectivity index (χ4n) is 1.18. The van der Waals surface area contributed by atoms with E-state index >= 15 is 0 Å². The molecule has 0 aliphatic carbocycles. The van der Waals surface area contributed by atoms with Crippen LogP contribution < -0.4 is 0 Å². The molecule has 2 nitrogen and oxygen atoms in total. The average molecular weight is 184 g/mol. The van der Waals surface area contributed by atoms with Crippen molar-refractivity contribution in [1.82, 2.24) is 0 Å². The van der Waals surface area contributed by atoms with E-state index in [0.29, 0.717) is 5.75 Å². The van der Waals surface area contributed by atoms with Gasteiger partial charge in [0.2, 0.25) is 0 Å². The van der Waals surface area contributed by atoms with Crippen molar-refractivity contribution in [3.8, 4) is 5.75 Å². The minimum atomic E-state index is 0.294. The van der Waals surface area contributed by atoms with Crippen molar-refractivity contribution in [2.24, 2.45) is 0 Å². The van der Waals surface area contributed by atoms with Gasteiger partial charge in [0.25, 0.3) is 0 Å². The van der Waals surface area contributed by atoms with Crippen LogP contribution in [0.1, 0.15) is 16.7 Å². The molecule has 0 aliphatic rings. The third-order valence-electron chi connectivity index (χ3n) is 2.09. The number of benzene rings is 1. The minimum Gasteiger partial charge on any atom is -0.508 e. The summed E-state index contributed by atoms with van der Waals surface area (Å²) >= 11 is 0.734. The second-order valence-electron chi connectivity index (χ2n) is 2.88. The fraction of sp³-hybridized carbons (Fsp3) is 0.333. The highest BCUT2D eigenvalue weighted by Gasteiger charge is 2.08. The molecule has 0 aliphatic heterocycles. The molecule has 1 aromatic carbocycles. The van der Waals surface area contributed by atoms with E-state index in [9.17, 15) is 5.11 Å². The van der Waals surface area contributed by atoms with Crippen LogP contribution in [0.5, 0.6) is 5.75 Å². The monoisotopic (exact) mass is 184 g/mol. The summed E-state index contributed by atoms with van der Waals surface area (Å²) in [6, 6.07) is 1.67. The van der Waals surface area contributed by atoms with E-state index in [2.05, 4.69) is 0 Å². The number of aryl methyl sites for hydroxylation is 1. The van der Waals surface area contributed by atoms with Crippen LogP contribution in [0, 0.1) is 20.8 Å². The number of hydrogen-bond donors (Lipinski definition) is 2. The van der Waals surface area contributed by atoms with Gasteiger partial charge in [-0.05, 0) is 43.5 Å². The SMILES string of the molecule is Cc1cc(O)c(C)c(C)c1SO. The van der Waals surface area contributed by atoms with Gasteiger partial charge in [0.05, 0.1) is 0 Å². The van der Waals surface area contributed by atoms with Crippen LogP contribution in [0.2, 0.25) is 0 Å². The molecule has 0 fully saturated rings. The smallest absolute Gasteiger partial charge is 0.119 e. The summed E-state index contributed by atoms with van der Waals surface area (Å²) in [4.78, 5) is 0.838. The van der Waals surface area contributed by atoms with Gasteiger partial charge in [-0.1, -0.05) is 0 Å². The van der Waals surface area contributed by atoms with Crippen molar-refractivity contribution in [2.75, 3.05) is 0 Å². The Bertz CT molecular complexity index is 308. The molecule has 66 valence electrons. The topological polar surface area (TPSA) is 40.5 Å². The molecular weight excluding hydrogens is 172 g/mol. The van der Waals surface area contributed by atoms with E-state index in [0.717, 1.165) is 33.6 Å². The predicted octanol–water partition coefficient (Wildman–Crippen LogP) is 2.88. The normalized spacial score (nSPS) is 10.3. The molecule has 0 atom stereocenters. The van der Waals surface area contributed by atoms with E-state index < -0.39 is 0 Å². The molecule has 0 amide bonds. The molecular formula is C9H12O2S. The molecule has 0 bridgehead atoms. The Morgan fingerprint density at radius 3 is 2.25 bits per heavy atom. The van der Waals surface area contributed by atoms with E-state index in [1.165, 1.54) is 0 Å². The van der Waals surface area contributed by atoms with Crippen LogP contribution in [-0.2, 0) is 0 Å². The van der Waals surface area contributed by atoms with E-state index in [1.54, 1.807) is 6.07 Å². The molecule has 0 heterocycles. The lowest BCUT2D eigenvalue weighted by molar-refractivity contribution is 0.469. The van der Waals surface area contributed by atoms with Gasteiger partial charge < -0.3 is 9.66 Å². The van der Waals surface area contributed by atoms with Crippen LogP contribution in [0.15, 0.2) is 11.0 Å². The summed E-state index contributed by atoms with van der Waals surface area (Å²) in [5.41, 5.74) is 2.68. The standard InChI is InChI=1S/C9H12O2S/c1-5-4-8(10)6(2)7(3)9(5)12-11/h4,10-11H,1-3H3. The molecule has 1 aromatic rings. The first-order valence-corrected chi connectivity index (χ1v) is 4.46. The molecule has 0 saturated heterocycles. The number of hydrogen-bond acceptors (Lipinski definition) is 3. The lowest BCUT2D eigenvalue weighted by Gasteiger charge is -2.10. The second kappa shape index (κ2) is 3.37. The number of phenolic OH excluding ortho intramolecular Hbond substituents is 1. The van der Waals surface area contributed by atoms with E-state index in [1.807, 2.05) is 20.8 Å². The van der Waals surface area contributed by atoms with Crippen molar-refractivity contribution in [3.63, 3.8) is 0 Å². The van der Waals surface area contributed by atoms with Crippen LogP contribution in [0.25, 0.3) is 0 Å². The zero-order valence-electron chi connectivity index (χ0n) is 7.38. The number of aromatic hydroxyl groups is 1. The average Bonchev–Trinajstić information content (AvgIpc) is 2.01. The summed E-state index contributed by atoms with van der Waals surface area (Å²) in [5, 5.41) is 9.41. The molecule has 0 saturated carbocycles. The summed E-state index contributed by atoms with van der Waals surface area (Å²) in [6.45, 7) is 5.59. The van der Waals surface area contributed by atoms with Crippen LogP contribution in [-0.4, -0.2) is 9.66 Å². The third kappa shape index (κ3) is 1.42. The Kier molecular flexibility index (Phi) is 2.65. The lowest BCUT2D eigenvalue weighted by atomic mass is 10.1. The van der Waals surface area contributed by atoms with Crippen LogP contribution in [0.4, 0.5) is 0 Å². The van der Waals surface area contributed by atoms with Gasteiger partial charge in [0.1, 0.15) is 5.75 Å². The summed E-state index contributed by atoms with van der Waals surface area (Å²) < 4.78 is 8.95. The molecule has 0 radical (unpaired) electrons. The van der Waals surface area contributed by atoms with Crippen molar-refractivity contribution in [2.45, 2.75) is 25.7 Å². The molecule has 0 aromatic heterocycles. The maximum absolute atomic E-state index is 9.41. The van der Waals surface area contributed by atoms with Crippen LogP contribution >= 0.6 is 12.0 Å². The molecule has 2 N–H and O–H groups in total. The molecule has 3 heteroatoms. The van der Waals surface area contributed by atoms with Gasteiger partial charge in [-0.3, -0.25) is 0 Å². The molecule has 0 unspecified atom stereocenters. The van der Waals surface area contributed by atoms with Gasteiger partial charge in [0, 0.05) is 16.9 Å². The highest BCUT2D eigenvalue weighted by Crippen LogP contribution is 2.31. The Morgan fingerprint density at radius 2 is 1.75 bits per heavy atom. The van der Waals surface area contributed by atoms with Gasteiger partial charge >= 0.3 is 0 Å². The predicted molar refractivity (Wildman–Crippen MR) is 50.8 cm³/mol. The fourth-order valence-corrected chi connectivity index (χ4v) is 1.67. The van der Waals surface area contributed by atoms with Gasteiger partial charge in [-0.2, -0.15) is 0 Å². The highest BCUT2D eigenvalue weighted by molar-refractivity contribution is 7.93. The second-order valence-corrected chi connectivity index (χ2v) is 3.47. The summed E-state index contributed by atoms with van der Waals surface area (Å²) in [6.07, 6.45) is 0. The quantitative estimate of drug-likeness (QED) is 0.659. The maximum atomic E-state index is 9.41. The maximum Gasteiger partial charge on any atom is 0.119 e. The van der Waals surface area contributed by atoms with Crippen molar-refractivity contribution >= 4 is 12.0 Å². The Morgan fingerprint density at radius 1 is 1.17 bits per heavy atom. The summed E-state index contributed by atoms with van der Waals surface area (Å²) in [5.74, 6) is 0.294. The van der Waals surface area contributed by atoms with E-state index in [4.69, 9.17) is 4.55 Å². The van der Waals surface area contributed by atoms with Gasteiger partial charge in [-0.15, -0.1) is 0 Å².